The van der Waals surface area contributed by atoms with Gasteiger partial charge in [0.1, 0.15) is 6.07 Å². The Labute approximate surface area is 74.9 Å². The predicted molar refractivity (Wildman–Crippen MR) is 44.0 cm³/mol. The highest BCUT2D eigenvalue weighted by Crippen LogP contribution is 1.89. The molecule has 0 saturated heterocycles. The van der Waals surface area contributed by atoms with Crippen LogP contribution in [-0.2, 0) is 4.79 Å². The number of carbonyl (C=O) groups excluding carboxylic acids is 1. The summed E-state index contributed by atoms with van der Waals surface area (Å²) >= 11 is 4.57. The molecule has 1 heterocycles. The zero-order valence-electron chi connectivity index (χ0n) is 6.07. The minimum Gasteiger partial charge on any atom is -0.278 e. The first kappa shape index (κ1) is 10.4. The van der Waals surface area contributed by atoms with Crippen LogP contribution in [0.5, 0.6) is 0 Å². The quantitative estimate of drug-likeness (QED) is 0.518. The van der Waals surface area contributed by atoms with Gasteiger partial charge in [-0.15, -0.1) is 0 Å². The topological polar surface area (TPSA) is 65.8 Å². The van der Waals surface area contributed by atoms with Crippen LogP contribution >= 0.6 is 11.8 Å². The van der Waals surface area contributed by atoms with E-state index in [1.165, 1.54) is 6.20 Å². The number of rotatable bonds is 1. The molecule has 0 unspecified atom stereocenters. The van der Waals surface area contributed by atoms with Gasteiger partial charge in [0.05, 0.1) is 5.56 Å². The lowest BCUT2D eigenvalue weighted by Crippen LogP contribution is -1.87. The number of amides is 1. The lowest BCUT2D eigenvalue weighted by molar-refractivity contribution is -0.108. The Bertz CT molecular complexity index is 257. The molecule has 0 bridgehead atoms. The van der Waals surface area contributed by atoms with E-state index in [4.69, 9.17) is 10.1 Å². The molecule has 4 nitrogen and oxygen atoms in total. The molecule has 1 amide bonds. The van der Waals surface area contributed by atoms with Gasteiger partial charge >= 0.3 is 0 Å². The summed E-state index contributed by atoms with van der Waals surface area (Å²) in [5, 5.41) is 8.25. The number of pyridine rings is 1. The fraction of sp³-hybridized carbons (Fsp3) is 0. The van der Waals surface area contributed by atoms with Crippen LogP contribution in [0.2, 0.25) is 0 Å². The third-order valence-electron chi connectivity index (χ3n) is 0.835. The maximum absolute atomic E-state index is 8.93. The van der Waals surface area contributed by atoms with Gasteiger partial charge in [0.15, 0.2) is 0 Å². The van der Waals surface area contributed by atoms with E-state index in [1.807, 2.05) is 6.07 Å². The Morgan fingerprint density at radius 2 is 2.42 bits per heavy atom. The zero-order chi connectivity index (χ0) is 9.23. The molecule has 0 radical (unpaired) electrons. The number of nitrogens with one attached hydrogen (secondary N) is 1. The summed E-state index contributed by atoms with van der Waals surface area (Å²) in [6.45, 7) is 0. The molecule has 0 spiro atoms. The van der Waals surface area contributed by atoms with E-state index >= 15 is 0 Å². The Balaban J connectivity index is 0.000000261. The van der Waals surface area contributed by atoms with Crippen molar-refractivity contribution in [2.24, 2.45) is 0 Å². The van der Waals surface area contributed by atoms with Crippen molar-refractivity contribution in [2.45, 2.75) is 0 Å². The molecular weight excluding hydrogens is 178 g/mol. The van der Waals surface area contributed by atoms with Gasteiger partial charge in [-0.1, -0.05) is 0 Å². The maximum Gasteiger partial charge on any atom is 0.221 e. The minimum atomic E-state index is 0.390. The molecule has 62 valence electrons. The van der Waals surface area contributed by atoms with E-state index in [9.17, 15) is 0 Å². The fourth-order valence-electron chi connectivity index (χ4n) is 0.429. The van der Waals surface area contributed by atoms with Crippen molar-refractivity contribution in [3.63, 3.8) is 0 Å². The van der Waals surface area contributed by atoms with Gasteiger partial charge in [-0.3, -0.25) is 14.6 Å². The third kappa shape index (κ3) is 5.21. The summed E-state index contributed by atoms with van der Waals surface area (Å²) in [6.07, 6.45) is 3.56. The molecular formula is C7H6ClN3O. The normalized spacial score (nSPS) is 7.00. The monoisotopic (exact) mass is 183 g/mol. The summed E-state index contributed by atoms with van der Waals surface area (Å²) in [7, 11) is 0. The number of nitrogens with zero attached hydrogens (tertiary/aromatic N) is 2. The van der Waals surface area contributed by atoms with Crippen LogP contribution in [0.3, 0.4) is 0 Å². The van der Waals surface area contributed by atoms with Crippen molar-refractivity contribution in [2.75, 3.05) is 0 Å². The number of hydrogen-bond donors (Lipinski definition) is 1. The Hall–Kier alpha value is -1.60. The highest BCUT2D eigenvalue weighted by molar-refractivity contribution is 6.18. The number of halogens is 1. The maximum atomic E-state index is 8.93. The summed E-state index contributed by atoms with van der Waals surface area (Å²) in [5.74, 6) is 0. The van der Waals surface area contributed by atoms with Crippen molar-refractivity contribution in [3.8, 4) is 6.07 Å². The van der Waals surface area contributed by atoms with Crippen molar-refractivity contribution in [1.82, 2.24) is 9.82 Å². The van der Waals surface area contributed by atoms with E-state index < -0.39 is 0 Å². The molecule has 0 saturated carbocycles. The van der Waals surface area contributed by atoms with E-state index in [2.05, 4.69) is 16.8 Å². The van der Waals surface area contributed by atoms with E-state index in [1.54, 1.807) is 23.2 Å². The van der Waals surface area contributed by atoms with Crippen molar-refractivity contribution < 1.29 is 4.79 Å². The molecule has 12 heavy (non-hydrogen) atoms. The molecule has 0 aliphatic rings. The third-order valence-corrected chi connectivity index (χ3v) is 0.924. The lowest BCUT2D eigenvalue weighted by atomic mass is 10.3. The standard InChI is InChI=1S/C6H4N2.CH2ClNO/c7-4-6-2-1-3-8-5-6;2-3-1-4/h1-3,5H;1H,(H,3,4). The van der Waals surface area contributed by atoms with Crippen LogP contribution in [0.1, 0.15) is 5.56 Å². The molecule has 0 aliphatic heterocycles. The lowest BCUT2D eigenvalue weighted by Gasteiger charge is -1.79. The Morgan fingerprint density at radius 1 is 1.75 bits per heavy atom. The zero-order valence-corrected chi connectivity index (χ0v) is 6.82. The van der Waals surface area contributed by atoms with Gasteiger partial charge in [-0.05, 0) is 12.1 Å². The van der Waals surface area contributed by atoms with Crippen molar-refractivity contribution in [3.05, 3.63) is 30.1 Å². The average molecular weight is 184 g/mol. The van der Waals surface area contributed by atoms with E-state index in [0.717, 1.165) is 0 Å². The fourth-order valence-corrected chi connectivity index (χ4v) is 0.429. The van der Waals surface area contributed by atoms with Gasteiger partial charge in [0, 0.05) is 24.2 Å². The second-order valence-electron chi connectivity index (χ2n) is 1.58. The van der Waals surface area contributed by atoms with E-state index in [0.29, 0.717) is 12.0 Å². The summed E-state index contributed by atoms with van der Waals surface area (Å²) in [5.41, 5.74) is 0.604. The second-order valence-corrected chi connectivity index (χ2v) is 1.80. The average Bonchev–Trinajstić information content (AvgIpc) is 2.19. The second kappa shape index (κ2) is 7.51. The number of aromatic nitrogens is 1. The molecule has 1 N–H and O–H groups in total. The molecule has 0 aliphatic carbocycles. The van der Waals surface area contributed by atoms with Crippen molar-refractivity contribution >= 4 is 18.2 Å². The summed E-state index contributed by atoms with van der Waals surface area (Å²) in [4.78, 5) is 14.4. The van der Waals surface area contributed by atoms with Crippen LogP contribution in [-0.4, -0.2) is 11.4 Å². The summed E-state index contributed by atoms with van der Waals surface area (Å²) < 4.78 is 0. The number of nitriles is 1. The first-order valence-electron chi connectivity index (χ1n) is 2.95. The molecule has 0 aromatic carbocycles. The van der Waals surface area contributed by atoms with Gasteiger partial charge in [-0.25, -0.2) is 0 Å². The number of carbonyl (C=O) groups is 1. The first-order valence-corrected chi connectivity index (χ1v) is 3.33. The largest absolute Gasteiger partial charge is 0.278 e. The van der Waals surface area contributed by atoms with Gasteiger partial charge in [-0.2, -0.15) is 5.26 Å². The molecule has 1 aromatic heterocycles. The van der Waals surface area contributed by atoms with Crippen LogP contribution in [0.4, 0.5) is 0 Å². The van der Waals surface area contributed by atoms with Crippen LogP contribution in [0.25, 0.3) is 0 Å². The Morgan fingerprint density at radius 3 is 2.67 bits per heavy atom. The molecule has 5 heteroatoms. The minimum absolute atomic E-state index is 0.390. The molecule has 0 atom stereocenters. The van der Waals surface area contributed by atoms with Crippen LogP contribution in [0, 0.1) is 11.3 Å². The van der Waals surface area contributed by atoms with Crippen molar-refractivity contribution in [1.29, 1.82) is 5.26 Å². The predicted octanol–water partition coefficient (Wildman–Crippen LogP) is 0.839. The molecule has 1 aromatic rings. The highest BCUT2D eigenvalue weighted by atomic mass is 35.5. The van der Waals surface area contributed by atoms with Gasteiger partial charge < -0.3 is 0 Å². The first-order chi connectivity index (χ1) is 5.85. The smallest absolute Gasteiger partial charge is 0.221 e. The number of hydrogen-bond acceptors (Lipinski definition) is 3. The highest BCUT2D eigenvalue weighted by Gasteiger charge is 1.80. The van der Waals surface area contributed by atoms with Crippen LogP contribution in [0.15, 0.2) is 24.5 Å². The SMILES string of the molecule is N#Cc1cccnc1.O=CNCl. The van der Waals surface area contributed by atoms with Gasteiger partial charge in [0.2, 0.25) is 6.41 Å². The molecule has 1 rings (SSSR count). The van der Waals surface area contributed by atoms with Gasteiger partial charge in [0.25, 0.3) is 0 Å². The van der Waals surface area contributed by atoms with E-state index in [-0.39, 0.29) is 0 Å². The Kier molecular flexibility index (Phi) is 6.51. The van der Waals surface area contributed by atoms with Crippen LogP contribution < -0.4 is 4.84 Å². The summed E-state index contributed by atoms with van der Waals surface area (Å²) in [6, 6.07) is 5.41. The molecule has 0 fully saturated rings.